The molecule has 0 aliphatic carbocycles. The standard InChI is InChI=1S/C6H3Br2FO2S.Na/c7-4-1-3(9)2-5(8)6(4)12(10)11;/h1-2H,(H,10,11);/q;+1/p-1. The molecular formula is C6H2Br2FNaO2S. The summed E-state index contributed by atoms with van der Waals surface area (Å²) in [6.07, 6.45) is 0. The average Bonchev–Trinajstić information content (AvgIpc) is 1.82. The summed E-state index contributed by atoms with van der Waals surface area (Å²) < 4.78 is 34.2. The molecule has 0 radical (unpaired) electrons. The molecule has 1 rings (SSSR count). The summed E-state index contributed by atoms with van der Waals surface area (Å²) in [7, 11) is 0. The predicted octanol–water partition coefficient (Wildman–Crippen LogP) is -0.407. The molecule has 0 spiro atoms. The van der Waals surface area contributed by atoms with Gasteiger partial charge in [0.15, 0.2) is 0 Å². The van der Waals surface area contributed by atoms with Crippen LogP contribution >= 0.6 is 31.9 Å². The van der Waals surface area contributed by atoms with Crippen LogP contribution in [0.1, 0.15) is 0 Å². The first-order chi connectivity index (χ1) is 5.52. The third kappa shape index (κ3) is 3.70. The Morgan fingerprint density at radius 1 is 1.31 bits per heavy atom. The summed E-state index contributed by atoms with van der Waals surface area (Å²) in [4.78, 5) is 0.0244. The molecule has 0 saturated carbocycles. The summed E-state index contributed by atoms with van der Waals surface area (Å²) >= 11 is 3.50. The van der Waals surface area contributed by atoms with E-state index < -0.39 is 16.9 Å². The van der Waals surface area contributed by atoms with Crippen LogP contribution < -0.4 is 29.6 Å². The first kappa shape index (κ1) is 14.2. The van der Waals surface area contributed by atoms with E-state index in [4.69, 9.17) is 0 Å². The molecule has 13 heavy (non-hydrogen) atoms. The maximum atomic E-state index is 12.6. The Kier molecular flexibility index (Phi) is 6.50. The Hall–Kier alpha value is 1.22. The van der Waals surface area contributed by atoms with Crippen molar-refractivity contribution in [2.24, 2.45) is 0 Å². The second-order valence-corrected chi connectivity index (χ2v) is 4.52. The molecule has 0 aliphatic heterocycles. The Morgan fingerprint density at radius 2 is 1.69 bits per heavy atom. The van der Waals surface area contributed by atoms with E-state index in [9.17, 15) is 13.2 Å². The molecule has 2 nitrogen and oxygen atoms in total. The molecule has 0 saturated heterocycles. The molecular weight excluding hydrogens is 338 g/mol. The van der Waals surface area contributed by atoms with Gasteiger partial charge in [-0.05, 0) is 55.1 Å². The Morgan fingerprint density at radius 3 is 2.00 bits per heavy atom. The van der Waals surface area contributed by atoms with Crippen LogP contribution in [0.3, 0.4) is 0 Å². The molecule has 0 aromatic heterocycles. The minimum Gasteiger partial charge on any atom is -0.768 e. The van der Waals surface area contributed by atoms with Gasteiger partial charge in [0, 0.05) is 8.95 Å². The van der Waals surface area contributed by atoms with Crippen LogP contribution in [-0.2, 0) is 11.1 Å². The molecule has 7 heteroatoms. The van der Waals surface area contributed by atoms with Crippen molar-refractivity contribution in [2.45, 2.75) is 4.90 Å². The van der Waals surface area contributed by atoms with Gasteiger partial charge in [-0.2, -0.15) is 0 Å². The Bertz CT molecular complexity index is 324. The van der Waals surface area contributed by atoms with Crippen LogP contribution in [0.2, 0.25) is 0 Å². The van der Waals surface area contributed by atoms with E-state index in [1.807, 2.05) is 0 Å². The van der Waals surface area contributed by atoms with Crippen molar-refractivity contribution in [1.29, 1.82) is 0 Å². The third-order valence-electron chi connectivity index (χ3n) is 1.13. The molecule has 1 aromatic carbocycles. The maximum absolute atomic E-state index is 12.6. The van der Waals surface area contributed by atoms with E-state index >= 15 is 0 Å². The zero-order valence-corrected chi connectivity index (χ0v) is 12.5. The first-order valence-electron chi connectivity index (χ1n) is 2.76. The summed E-state index contributed by atoms with van der Waals surface area (Å²) in [5.74, 6) is -0.497. The van der Waals surface area contributed by atoms with Gasteiger partial charge in [-0.3, -0.25) is 4.21 Å². The molecule has 0 amide bonds. The van der Waals surface area contributed by atoms with Gasteiger partial charge in [-0.25, -0.2) is 4.39 Å². The molecule has 0 heterocycles. The van der Waals surface area contributed by atoms with Crippen molar-refractivity contribution in [3.05, 3.63) is 26.9 Å². The predicted molar refractivity (Wildman–Crippen MR) is 49.0 cm³/mol. The average molecular weight is 340 g/mol. The summed E-state index contributed by atoms with van der Waals surface area (Å²) in [5.41, 5.74) is 0. The largest absolute Gasteiger partial charge is 1.00 e. The van der Waals surface area contributed by atoms with E-state index in [1.165, 1.54) is 0 Å². The van der Waals surface area contributed by atoms with Crippen molar-refractivity contribution in [3.63, 3.8) is 0 Å². The fourth-order valence-electron chi connectivity index (χ4n) is 0.688. The van der Waals surface area contributed by atoms with Gasteiger partial charge in [0.05, 0.1) is 4.90 Å². The van der Waals surface area contributed by atoms with Crippen molar-refractivity contribution in [2.75, 3.05) is 0 Å². The topological polar surface area (TPSA) is 40.1 Å². The second kappa shape index (κ2) is 5.95. The van der Waals surface area contributed by atoms with Crippen LogP contribution in [0.25, 0.3) is 0 Å². The van der Waals surface area contributed by atoms with Crippen LogP contribution in [0.4, 0.5) is 4.39 Å². The van der Waals surface area contributed by atoms with Gasteiger partial charge in [0.1, 0.15) is 5.82 Å². The number of rotatable bonds is 1. The van der Waals surface area contributed by atoms with E-state index in [0.29, 0.717) is 0 Å². The van der Waals surface area contributed by atoms with Gasteiger partial charge in [0.2, 0.25) is 0 Å². The minimum atomic E-state index is -2.37. The zero-order valence-electron chi connectivity index (χ0n) is 6.51. The van der Waals surface area contributed by atoms with Gasteiger partial charge < -0.3 is 4.55 Å². The summed E-state index contributed by atoms with van der Waals surface area (Å²) in [5, 5.41) is 0. The molecule has 0 aliphatic rings. The Balaban J connectivity index is 0.00000144. The van der Waals surface area contributed by atoms with Crippen molar-refractivity contribution < 1.29 is 42.7 Å². The summed E-state index contributed by atoms with van der Waals surface area (Å²) in [6.45, 7) is 0. The molecule has 0 N–H and O–H groups in total. The number of halogens is 3. The summed E-state index contributed by atoms with van der Waals surface area (Å²) in [6, 6.07) is 2.19. The van der Waals surface area contributed by atoms with Crippen molar-refractivity contribution in [3.8, 4) is 0 Å². The molecule has 1 atom stereocenters. The zero-order chi connectivity index (χ0) is 9.30. The van der Waals surface area contributed by atoms with Gasteiger partial charge >= 0.3 is 29.6 Å². The second-order valence-electron chi connectivity index (χ2n) is 1.93. The number of benzene rings is 1. The van der Waals surface area contributed by atoms with Gasteiger partial charge in [0.25, 0.3) is 0 Å². The van der Waals surface area contributed by atoms with E-state index in [1.54, 1.807) is 0 Å². The third-order valence-corrected chi connectivity index (χ3v) is 3.68. The van der Waals surface area contributed by atoms with E-state index in [0.717, 1.165) is 12.1 Å². The van der Waals surface area contributed by atoms with Crippen molar-refractivity contribution >= 4 is 42.9 Å². The van der Waals surface area contributed by atoms with E-state index in [-0.39, 0.29) is 43.4 Å². The van der Waals surface area contributed by atoms with Crippen molar-refractivity contribution in [1.82, 2.24) is 0 Å². The van der Waals surface area contributed by atoms with Crippen LogP contribution in [0.15, 0.2) is 26.0 Å². The van der Waals surface area contributed by atoms with Gasteiger partial charge in [-0.1, -0.05) is 0 Å². The fourth-order valence-corrected chi connectivity index (χ4v) is 3.05. The number of hydrogen-bond donors (Lipinski definition) is 0. The number of hydrogen-bond acceptors (Lipinski definition) is 2. The molecule has 66 valence electrons. The normalized spacial score (nSPS) is 12.0. The van der Waals surface area contributed by atoms with Crippen LogP contribution in [0, 0.1) is 5.82 Å². The molecule has 0 bridgehead atoms. The smallest absolute Gasteiger partial charge is 0.768 e. The fraction of sp³-hybridized carbons (Fsp3) is 0. The van der Waals surface area contributed by atoms with Gasteiger partial charge in [-0.15, -0.1) is 0 Å². The SMILES string of the molecule is O=S([O-])c1c(Br)cc(F)cc1Br.[Na+]. The quantitative estimate of drug-likeness (QED) is 0.515. The van der Waals surface area contributed by atoms with E-state index in [2.05, 4.69) is 31.9 Å². The maximum Gasteiger partial charge on any atom is 1.00 e. The molecule has 1 unspecified atom stereocenters. The molecule has 0 fully saturated rings. The first-order valence-corrected chi connectivity index (χ1v) is 5.42. The monoisotopic (exact) mass is 338 g/mol. The van der Waals surface area contributed by atoms with Crippen LogP contribution in [0.5, 0.6) is 0 Å². The Labute approximate surface area is 116 Å². The molecule has 1 aromatic rings. The van der Waals surface area contributed by atoms with Crippen LogP contribution in [-0.4, -0.2) is 8.76 Å². The minimum absolute atomic E-state index is 0.